The Labute approximate surface area is 139 Å². The average Bonchev–Trinajstić information content (AvgIpc) is 2.40. The van der Waals surface area contributed by atoms with Gasteiger partial charge >= 0.3 is 0 Å². The molecule has 0 saturated heterocycles. The van der Waals surface area contributed by atoms with Gasteiger partial charge in [-0.05, 0) is 73.2 Å². The first-order chi connectivity index (χ1) is 9.32. The van der Waals surface area contributed by atoms with Crippen molar-refractivity contribution in [3.8, 4) is 0 Å². The van der Waals surface area contributed by atoms with Crippen LogP contribution in [0.15, 0.2) is 24.3 Å². The highest BCUT2D eigenvalue weighted by molar-refractivity contribution is 9.09. The Kier molecular flexibility index (Phi) is 4.84. The minimum absolute atomic E-state index is 0.121. The Morgan fingerprint density at radius 1 is 0.850 bits per heavy atom. The lowest BCUT2D eigenvalue weighted by Crippen LogP contribution is -2.03. The zero-order valence-corrected chi connectivity index (χ0v) is 15.1. The van der Waals surface area contributed by atoms with E-state index < -0.39 is 0 Å². The van der Waals surface area contributed by atoms with Crippen molar-refractivity contribution in [3.63, 3.8) is 0 Å². The Balaban J connectivity index is 2.58. The van der Waals surface area contributed by atoms with Crippen LogP contribution in [-0.2, 0) is 0 Å². The summed E-state index contributed by atoms with van der Waals surface area (Å²) in [5.41, 5.74) is 7.71. The van der Waals surface area contributed by atoms with Crippen LogP contribution in [0.1, 0.15) is 38.2 Å². The quantitative estimate of drug-likeness (QED) is 0.514. The molecule has 20 heavy (non-hydrogen) atoms. The molecule has 0 heterocycles. The maximum atomic E-state index is 6.13. The van der Waals surface area contributed by atoms with E-state index in [2.05, 4.69) is 49.7 Å². The van der Waals surface area contributed by atoms with E-state index in [0.717, 1.165) is 5.56 Å². The summed E-state index contributed by atoms with van der Waals surface area (Å²) in [6.45, 7) is 8.64. The number of halogens is 3. The van der Waals surface area contributed by atoms with E-state index >= 15 is 0 Å². The normalized spacial score (nSPS) is 12.6. The molecule has 0 aliphatic rings. The smallest absolute Gasteiger partial charge is 0.0650 e. The molecule has 1 atom stereocenters. The summed E-state index contributed by atoms with van der Waals surface area (Å²) in [5.74, 6) is 0. The van der Waals surface area contributed by atoms with Crippen LogP contribution < -0.4 is 0 Å². The van der Waals surface area contributed by atoms with E-state index in [1.54, 1.807) is 0 Å². The van der Waals surface area contributed by atoms with Gasteiger partial charge in [0, 0.05) is 0 Å². The predicted octanol–water partition coefficient (Wildman–Crippen LogP) is 6.71. The van der Waals surface area contributed by atoms with Crippen LogP contribution in [0.3, 0.4) is 0 Å². The van der Waals surface area contributed by atoms with Gasteiger partial charge in [-0.25, -0.2) is 0 Å². The average molecular weight is 372 g/mol. The molecule has 0 spiro atoms. The Morgan fingerprint density at radius 2 is 1.40 bits per heavy atom. The lowest BCUT2D eigenvalue weighted by molar-refractivity contribution is 1.08. The van der Waals surface area contributed by atoms with Crippen molar-refractivity contribution in [1.82, 2.24) is 0 Å². The summed E-state index contributed by atoms with van der Waals surface area (Å²) >= 11 is 16.0. The number of hydrogen-bond acceptors (Lipinski definition) is 0. The molecule has 0 bridgehead atoms. The van der Waals surface area contributed by atoms with Gasteiger partial charge in [-0.3, -0.25) is 0 Å². The van der Waals surface area contributed by atoms with Gasteiger partial charge in [0.2, 0.25) is 0 Å². The summed E-state index contributed by atoms with van der Waals surface area (Å²) in [5, 5.41) is 1.18. The van der Waals surface area contributed by atoms with Crippen LogP contribution in [0.25, 0.3) is 0 Å². The second-order valence-corrected chi connectivity index (χ2v) is 6.94. The number of hydrogen-bond donors (Lipinski definition) is 0. The molecule has 0 radical (unpaired) electrons. The van der Waals surface area contributed by atoms with E-state index in [1.807, 2.05) is 18.2 Å². The fourth-order valence-corrected chi connectivity index (χ4v) is 3.74. The highest BCUT2D eigenvalue weighted by atomic mass is 79.9. The van der Waals surface area contributed by atoms with Crippen molar-refractivity contribution in [2.45, 2.75) is 32.5 Å². The zero-order valence-electron chi connectivity index (χ0n) is 12.0. The molecule has 0 nitrogen and oxygen atoms in total. The number of alkyl halides is 1. The van der Waals surface area contributed by atoms with Crippen molar-refractivity contribution >= 4 is 39.1 Å². The van der Waals surface area contributed by atoms with Gasteiger partial charge in [-0.15, -0.1) is 0 Å². The van der Waals surface area contributed by atoms with Crippen LogP contribution in [0, 0.1) is 27.7 Å². The summed E-state index contributed by atoms with van der Waals surface area (Å²) in [7, 11) is 0. The summed E-state index contributed by atoms with van der Waals surface area (Å²) in [6, 6.07) is 8.04. The third-order valence-electron chi connectivity index (χ3n) is 3.91. The molecule has 0 aliphatic heterocycles. The van der Waals surface area contributed by atoms with Crippen LogP contribution in [0.2, 0.25) is 10.0 Å². The van der Waals surface area contributed by atoms with Crippen LogP contribution in [0.4, 0.5) is 0 Å². The molecule has 0 N–H and O–H groups in total. The van der Waals surface area contributed by atoms with Gasteiger partial charge in [0.15, 0.2) is 0 Å². The number of aryl methyl sites for hydroxylation is 2. The molecule has 2 aromatic rings. The topological polar surface area (TPSA) is 0 Å². The molecular formula is C17H17BrCl2. The predicted molar refractivity (Wildman–Crippen MR) is 92.6 cm³/mol. The van der Waals surface area contributed by atoms with Gasteiger partial charge in [0.25, 0.3) is 0 Å². The van der Waals surface area contributed by atoms with Crippen molar-refractivity contribution < 1.29 is 0 Å². The van der Waals surface area contributed by atoms with Crippen LogP contribution in [-0.4, -0.2) is 0 Å². The SMILES string of the molecule is Cc1cc(C)c(C)c(C(Br)c2ccc(Cl)c(Cl)c2)c1C. The first-order valence-electron chi connectivity index (χ1n) is 6.49. The monoisotopic (exact) mass is 370 g/mol. The first-order valence-corrected chi connectivity index (χ1v) is 8.16. The minimum Gasteiger partial charge on any atom is -0.0827 e. The summed E-state index contributed by atoms with van der Waals surface area (Å²) in [6.07, 6.45) is 0. The van der Waals surface area contributed by atoms with Crippen molar-refractivity contribution in [2.75, 3.05) is 0 Å². The molecule has 0 amide bonds. The standard InChI is InChI=1S/C17H17BrCl2/c1-9-7-10(2)12(4)16(11(9)3)17(18)13-5-6-14(19)15(20)8-13/h5-8,17H,1-4H3. The molecule has 2 aromatic carbocycles. The van der Waals surface area contributed by atoms with Crippen molar-refractivity contribution in [3.05, 3.63) is 67.7 Å². The molecule has 3 heteroatoms. The highest BCUT2D eigenvalue weighted by Gasteiger charge is 2.18. The largest absolute Gasteiger partial charge is 0.0827 e. The Morgan fingerprint density at radius 3 is 1.90 bits per heavy atom. The minimum atomic E-state index is 0.121. The number of rotatable bonds is 2. The first kappa shape index (κ1) is 15.9. The molecule has 0 saturated carbocycles. The van der Waals surface area contributed by atoms with E-state index in [-0.39, 0.29) is 4.83 Å². The molecule has 0 aromatic heterocycles. The molecule has 106 valence electrons. The molecule has 0 fully saturated rings. The fraction of sp³-hybridized carbons (Fsp3) is 0.294. The zero-order chi connectivity index (χ0) is 15.0. The van der Waals surface area contributed by atoms with Gasteiger partial charge in [-0.2, -0.15) is 0 Å². The van der Waals surface area contributed by atoms with E-state index in [9.17, 15) is 0 Å². The van der Waals surface area contributed by atoms with E-state index in [1.165, 1.54) is 27.8 Å². The fourth-order valence-electron chi connectivity index (χ4n) is 2.46. The number of benzene rings is 2. The van der Waals surface area contributed by atoms with E-state index in [4.69, 9.17) is 23.2 Å². The van der Waals surface area contributed by atoms with Crippen LogP contribution >= 0.6 is 39.1 Å². The molecular weight excluding hydrogens is 355 g/mol. The third-order valence-corrected chi connectivity index (χ3v) is 5.64. The van der Waals surface area contributed by atoms with Gasteiger partial charge < -0.3 is 0 Å². The van der Waals surface area contributed by atoms with Gasteiger partial charge in [-0.1, -0.05) is 51.3 Å². The molecule has 0 aliphatic carbocycles. The van der Waals surface area contributed by atoms with Crippen molar-refractivity contribution in [1.29, 1.82) is 0 Å². The van der Waals surface area contributed by atoms with Gasteiger partial charge in [0.05, 0.1) is 14.9 Å². The Bertz CT molecular complexity index is 636. The highest BCUT2D eigenvalue weighted by Crippen LogP contribution is 2.39. The molecule has 1 unspecified atom stereocenters. The maximum absolute atomic E-state index is 6.13. The second-order valence-electron chi connectivity index (χ2n) is 5.21. The summed E-state index contributed by atoms with van der Waals surface area (Å²) in [4.78, 5) is 0.121. The lowest BCUT2D eigenvalue weighted by Gasteiger charge is -2.20. The summed E-state index contributed by atoms with van der Waals surface area (Å²) < 4.78 is 0. The third kappa shape index (κ3) is 2.90. The second kappa shape index (κ2) is 6.09. The Hall–Kier alpha value is -0.500. The lowest BCUT2D eigenvalue weighted by atomic mass is 9.90. The van der Waals surface area contributed by atoms with Crippen LogP contribution in [0.5, 0.6) is 0 Å². The van der Waals surface area contributed by atoms with Gasteiger partial charge in [0.1, 0.15) is 0 Å². The van der Waals surface area contributed by atoms with Crippen molar-refractivity contribution in [2.24, 2.45) is 0 Å². The molecule has 2 rings (SSSR count). The maximum Gasteiger partial charge on any atom is 0.0650 e. The van der Waals surface area contributed by atoms with E-state index in [0.29, 0.717) is 10.0 Å².